The largest absolute Gasteiger partial charge is 0.480 e. The zero-order valence-corrected chi connectivity index (χ0v) is 24.6. The quantitative estimate of drug-likeness (QED) is 0.174. The van der Waals surface area contributed by atoms with Gasteiger partial charge in [-0.05, 0) is 75.7 Å². The van der Waals surface area contributed by atoms with Crippen molar-refractivity contribution in [1.82, 2.24) is 5.32 Å². The van der Waals surface area contributed by atoms with Crippen molar-refractivity contribution in [2.24, 2.45) is 0 Å². The van der Waals surface area contributed by atoms with Gasteiger partial charge in [-0.15, -0.1) is 0 Å². The molecule has 0 saturated carbocycles. The monoisotopic (exact) mass is 694 g/mol. The SMILES string of the molecule is O=C(NC(Cc1ccc(-c2ccccc2)cc1)C(=O)O)c1cc(I)ccc1NS(=O)(=O)c1cc(Cl)ccc1Cl. The van der Waals surface area contributed by atoms with Crippen molar-refractivity contribution in [3.8, 4) is 11.1 Å². The van der Waals surface area contributed by atoms with Gasteiger partial charge in [0.05, 0.1) is 16.3 Å². The number of sulfonamides is 1. The molecule has 1 unspecified atom stereocenters. The Morgan fingerprint density at radius 3 is 2.21 bits per heavy atom. The summed E-state index contributed by atoms with van der Waals surface area (Å²) in [6, 6.07) is 24.4. The standard InChI is InChI=1S/C28H21Cl2IN2O5S/c29-20-10-12-23(30)26(15-20)39(37,38)33-24-13-11-21(31)16-22(24)27(34)32-25(28(35)36)14-17-6-8-19(9-7-17)18-4-2-1-3-5-18/h1-13,15-16,25,33H,14H2,(H,32,34)(H,35,36). The van der Waals surface area contributed by atoms with Crippen molar-refractivity contribution in [3.05, 3.63) is 116 Å². The Morgan fingerprint density at radius 1 is 0.872 bits per heavy atom. The molecule has 0 bridgehead atoms. The lowest BCUT2D eigenvalue weighted by atomic mass is 10.0. The number of rotatable bonds is 9. The second-order valence-corrected chi connectivity index (χ2v) is 12.2. The number of nitrogens with one attached hydrogen (secondary N) is 2. The molecule has 39 heavy (non-hydrogen) atoms. The first-order valence-corrected chi connectivity index (χ1v) is 14.8. The number of anilines is 1. The first-order valence-electron chi connectivity index (χ1n) is 11.5. The second kappa shape index (κ2) is 12.4. The number of carbonyl (C=O) groups excluding carboxylic acids is 1. The van der Waals surface area contributed by atoms with E-state index in [4.69, 9.17) is 23.2 Å². The molecule has 7 nitrogen and oxygen atoms in total. The van der Waals surface area contributed by atoms with Crippen molar-refractivity contribution < 1.29 is 23.1 Å². The molecule has 0 fully saturated rings. The number of aliphatic carboxylic acids is 1. The molecule has 0 aromatic heterocycles. The predicted molar refractivity (Wildman–Crippen MR) is 161 cm³/mol. The first kappa shape index (κ1) is 28.9. The van der Waals surface area contributed by atoms with E-state index in [1.807, 2.05) is 77.2 Å². The van der Waals surface area contributed by atoms with E-state index in [1.54, 1.807) is 6.07 Å². The molecule has 1 atom stereocenters. The van der Waals surface area contributed by atoms with Gasteiger partial charge in [0.2, 0.25) is 0 Å². The minimum Gasteiger partial charge on any atom is -0.480 e. The summed E-state index contributed by atoms with van der Waals surface area (Å²) >= 11 is 14.0. The molecule has 4 aromatic carbocycles. The third kappa shape index (κ3) is 7.30. The minimum absolute atomic E-state index is 0.0270. The molecule has 0 spiro atoms. The molecule has 0 radical (unpaired) electrons. The number of carbonyl (C=O) groups is 2. The maximum absolute atomic E-state index is 13.2. The van der Waals surface area contributed by atoms with Crippen LogP contribution in [-0.2, 0) is 21.2 Å². The Labute approximate surface area is 249 Å². The van der Waals surface area contributed by atoms with Crippen LogP contribution in [0.3, 0.4) is 0 Å². The van der Waals surface area contributed by atoms with Crippen LogP contribution in [0, 0.1) is 3.57 Å². The molecule has 0 aliphatic rings. The van der Waals surface area contributed by atoms with Gasteiger partial charge in [0.25, 0.3) is 15.9 Å². The summed E-state index contributed by atoms with van der Waals surface area (Å²) in [7, 11) is -4.22. The average Bonchev–Trinajstić information content (AvgIpc) is 2.91. The molecule has 200 valence electrons. The molecule has 4 aromatic rings. The van der Waals surface area contributed by atoms with Crippen molar-refractivity contribution in [2.45, 2.75) is 17.4 Å². The van der Waals surface area contributed by atoms with Gasteiger partial charge in [-0.25, -0.2) is 13.2 Å². The van der Waals surface area contributed by atoms with Crippen LogP contribution in [0.2, 0.25) is 10.0 Å². The maximum Gasteiger partial charge on any atom is 0.326 e. The molecule has 3 N–H and O–H groups in total. The molecule has 1 amide bonds. The Hall–Kier alpha value is -3.12. The molecule has 0 aliphatic carbocycles. The van der Waals surface area contributed by atoms with Gasteiger partial charge >= 0.3 is 5.97 Å². The van der Waals surface area contributed by atoms with Crippen LogP contribution in [0.4, 0.5) is 5.69 Å². The van der Waals surface area contributed by atoms with Crippen LogP contribution < -0.4 is 10.0 Å². The van der Waals surface area contributed by atoms with E-state index < -0.39 is 27.9 Å². The van der Waals surface area contributed by atoms with Gasteiger partial charge in [0.15, 0.2) is 0 Å². The Bertz CT molecular complexity index is 1630. The Morgan fingerprint density at radius 2 is 1.54 bits per heavy atom. The fraction of sp³-hybridized carbons (Fsp3) is 0.0714. The highest BCUT2D eigenvalue weighted by Gasteiger charge is 2.25. The smallest absolute Gasteiger partial charge is 0.326 e. The molecule has 4 rings (SSSR count). The highest BCUT2D eigenvalue weighted by Crippen LogP contribution is 2.29. The van der Waals surface area contributed by atoms with E-state index in [0.29, 0.717) is 9.13 Å². The van der Waals surface area contributed by atoms with E-state index in [-0.39, 0.29) is 32.6 Å². The third-order valence-corrected chi connectivity index (χ3v) is 8.51. The van der Waals surface area contributed by atoms with E-state index in [9.17, 15) is 23.1 Å². The second-order valence-electron chi connectivity index (χ2n) is 8.50. The van der Waals surface area contributed by atoms with Crippen LogP contribution in [0.5, 0.6) is 0 Å². The zero-order chi connectivity index (χ0) is 28.2. The minimum atomic E-state index is -4.22. The van der Waals surface area contributed by atoms with Crippen molar-refractivity contribution in [3.63, 3.8) is 0 Å². The Balaban J connectivity index is 1.55. The van der Waals surface area contributed by atoms with Gasteiger partial charge in [0.1, 0.15) is 10.9 Å². The number of benzene rings is 4. The average molecular weight is 695 g/mol. The van der Waals surface area contributed by atoms with E-state index in [1.165, 1.54) is 30.3 Å². The highest BCUT2D eigenvalue weighted by molar-refractivity contribution is 14.1. The zero-order valence-electron chi connectivity index (χ0n) is 20.1. The van der Waals surface area contributed by atoms with E-state index in [2.05, 4.69) is 10.0 Å². The molecular formula is C28H21Cl2IN2O5S. The van der Waals surface area contributed by atoms with Crippen molar-refractivity contribution >= 4 is 73.4 Å². The van der Waals surface area contributed by atoms with Crippen LogP contribution in [0.1, 0.15) is 15.9 Å². The number of carboxylic acid groups (broad SMARTS) is 1. The lowest BCUT2D eigenvalue weighted by Gasteiger charge is -2.18. The number of hydrogen-bond acceptors (Lipinski definition) is 4. The summed E-state index contributed by atoms with van der Waals surface area (Å²) in [6.45, 7) is 0. The molecular weight excluding hydrogens is 674 g/mol. The number of carboxylic acids is 1. The van der Waals surface area contributed by atoms with Gasteiger partial charge in [-0.1, -0.05) is 77.8 Å². The van der Waals surface area contributed by atoms with Gasteiger partial charge in [-0.2, -0.15) is 0 Å². The number of amides is 1. The molecule has 11 heteroatoms. The summed E-state index contributed by atoms with van der Waals surface area (Å²) in [6.07, 6.45) is 0.0270. The van der Waals surface area contributed by atoms with Crippen molar-refractivity contribution in [2.75, 3.05) is 4.72 Å². The highest BCUT2D eigenvalue weighted by atomic mass is 127. The summed E-state index contributed by atoms with van der Waals surface area (Å²) in [5.41, 5.74) is 2.63. The van der Waals surface area contributed by atoms with Crippen LogP contribution in [0.25, 0.3) is 11.1 Å². The predicted octanol–water partition coefficient (Wildman–Crippen LogP) is 6.49. The van der Waals surface area contributed by atoms with Crippen LogP contribution in [-0.4, -0.2) is 31.4 Å². The normalized spacial score (nSPS) is 12.0. The van der Waals surface area contributed by atoms with Crippen molar-refractivity contribution in [1.29, 1.82) is 0 Å². The summed E-state index contributed by atoms with van der Waals surface area (Å²) in [4.78, 5) is 25.0. The van der Waals surface area contributed by atoms with Gasteiger partial charge < -0.3 is 10.4 Å². The van der Waals surface area contributed by atoms with Gasteiger partial charge in [-0.3, -0.25) is 9.52 Å². The molecule has 0 saturated heterocycles. The summed E-state index contributed by atoms with van der Waals surface area (Å²) < 4.78 is 29.1. The Kier molecular flexibility index (Phi) is 9.16. The number of halogens is 3. The van der Waals surface area contributed by atoms with E-state index >= 15 is 0 Å². The fourth-order valence-electron chi connectivity index (χ4n) is 3.81. The van der Waals surface area contributed by atoms with E-state index in [0.717, 1.165) is 11.1 Å². The maximum atomic E-state index is 13.2. The van der Waals surface area contributed by atoms with Crippen LogP contribution in [0.15, 0.2) is 95.9 Å². The van der Waals surface area contributed by atoms with Gasteiger partial charge in [0, 0.05) is 15.0 Å². The molecule has 0 heterocycles. The lowest BCUT2D eigenvalue weighted by Crippen LogP contribution is -2.42. The lowest BCUT2D eigenvalue weighted by molar-refractivity contribution is -0.139. The van der Waals surface area contributed by atoms with Crippen LogP contribution >= 0.6 is 45.8 Å². The molecule has 0 aliphatic heterocycles. The summed E-state index contributed by atoms with van der Waals surface area (Å²) in [5.74, 6) is -1.98. The first-order chi connectivity index (χ1) is 18.5. The fourth-order valence-corrected chi connectivity index (χ4v) is 6.15. The summed E-state index contributed by atoms with van der Waals surface area (Å²) in [5, 5.41) is 12.5. The topological polar surface area (TPSA) is 113 Å². The third-order valence-electron chi connectivity index (χ3n) is 5.76. The number of hydrogen-bond donors (Lipinski definition) is 3.